The van der Waals surface area contributed by atoms with E-state index in [1.54, 1.807) is 13.2 Å². The molecule has 0 aliphatic carbocycles. The molecule has 0 spiro atoms. The van der Waals surface area contributed by atoms with Gasteiger partial charge < -0.3 is 19.5 Å². The number of hydrogen-bond acceptors (Lipinski definition) is 6. The van der Waals surface area contributed by atoms with Crippen molar-refractivity contribution >= 4 is 28.3 Å². The minimum Gasteiger partial charge on any atom is -0.497 e. The Kier molecular flexibility index (Phi) is 4.43. The lowest BCUT2D eigenvalue weighted by Crippen LogP contribution is -2.38. The molecule has 3 heterocycles. The van der Waals surface area contributed by atoms with Crippen molar-refractivity contribution in [3.63, 3.8) is 0 Å². The summed E-state index contributed by atoms with van der Waals surface area (Å²) in [5.41, 5.74) is 2.07. The van der Waals surface area contributed by atoms with E-state index in [4.69, 9.17) is 9.26 Å². The van der Waals surface area contributed by atoms with Crippen LogP contribution < -0.4 is 15.0 Å². The topological polar surface area (TPSA) is 80.5 Å². The molecule has 1 aromatic carbocycles. The van der Waals surface area contributed by atoms with Crippen molar-refractivity contribution < 1.29 is 14.1 Å². The van der Waals surface area contributed by atoms with E-state index < -0.39 is 0 Å². The van der Waals surface area contributed by atoms with Crippen LogP contribution in [-0.2, 0) is 4.79 Å². The van der Waals surface area contributed by atoms with Crippen molar-refractivity contribution in [1.29, 1.82) is 0 Å². The first-order valence-electron chi connectivity index (χ1n) is 8.63. The first-order chi connectivity index (χ1) is 12.7. The van der Waals surface area contributed by atoms with Crippen molar-refractivity contribution in [2.45, 2.75) is 12.8 Å². The van der Waals surface area contributed by atoms with E-state index in [0.717, 1.165) is 48.3 Å². The summed E-state index contributed by atoms with van der Waals surface area (Å²) in [6.45, 7) is 1.63. The number of fused-ring (bicyclic) bond motifs is 1. The van der Waals surface area contributed by atoms with E-state index in [1.165, 1.54) is 6.26 Å². The molecular weight excluding hydrogens is 332 g/mol. The van der Waals surface area contributed by atoms with Crippen LogP contribution in [0.5, 0.6) is 5.75 Å². The first-order valence-corrected chi connectivity index (χ1v) is 8.63. The molecule has 0 atom stereocenters. The third kappa shape index (κ3) is 3.20. The number of nitrogens with zero attached hydrogens (tertiary/aromatic N) is 3. The fourth-order valence-corrected chi connectivity index (χ4v) is 3.40. The third-order valence-electron chi connectivity index (χ3n) is 4.82. The van der Waals surface area contributed by atoms with Gasteiger partial charge >= 0.3 is 0 Å². The standard InChI is InChI=1S/C19H20N4O3/c1-25-14-2-3-16-15(12-14)17(4-8-20-16)23-9-5-13(6-10-23)19(24)21-18-7-11-26-22-18/h2-4,7-8,11-13H,5-6,9-10H2,1H3,(H,21,22,24). The average Bonchev–Trinajstić information content (AvgIpc) is 3.20. The van der Waals surface area contributed by atoms with Crippen molar-refractivity contribution in [1.82, 2.24) is 10.1 Å². The number of anilines is 2. The number of nitrogens with one attached hydrogen (secondary N) is 1. The summed E-state index contributed by atoms with van der Waals surface area (Å²) in [7, 11) is 1.66. The van der Waals surface area contributed by atoms with Gasteiger partial charge in [0.1, 0.15) is 12.0 Å². The highest BCUT2D eigenvalue weighted by molar-refractivity contribution is 5.93. The number of amides is 1. The molecule has 7 nitrogen and oxygen atoms in total. The number of methoxy groups -OCH3 is 1. The molecule has 134 valence electrons. The Balaban J connectivity index is 1.48. The van der Waals surface area contributed by atoms with Crippen LogP contribution in [0.3, 0.4) is 0 Å². The van der Waals surface area contributed by atoms with Crippen LogP contribution in [0.15, 0.2) is 47.3 Å². The second-order valence-corrected chi connectivity index (χ2v) is 6.35. The lowest BCUT2D eigenvalue weighted by Gasteiger charge is -2.33. The number of carbonyl (C=O) groups is 1. The van der Waals surface area contributed by atoms with E-state index in [2.05, 4.69) is 20.4 Å². The smallest absolute Gasteiger partial charge is 0.228 e. The summed E-state index contributed by atoms with van der Waals surface area (Å²) in [4.78, 5) is 19.1. The first kappa shape index (κ1) is 16.4. The molecule has 1 aliphatic rings. The number of ether oxygens (including phenoxy) is 1. The fraction of sp³-hybridized carbons (Fsp3) is 0.316. The van der Waals surface area contributed by atoms with Crippen LogP contribution in [0.25, 0.3) is 10.9 Å². The van der Waals surface area contributed by atoms with Gasteiger partial charge in [-0.1, -0.05) is 5.16 Å². The van der Waals surface area contributed by atoms with Gasteiger partial charge in [0.05, 0.1) is 12.6 Å². The summed E-state index contributed by atoms with van der Waals surface area (Å²) in [6.07, 6.45) is 4.85. The zero-order chi connectivity index (χ0) is 17.9. The number of carbonyl (C=O) groups excluding carboxylic acids is 1. The largest absolute Gasteiger partial charge is 0.497 e. The number of aromatic nitrogens is 2. The summed E-state index contributed by atoms with van der Waals surface area (Å²) in [6, 6.07) is 9.57. The summed E-state index contributed by atoms with van der Waals surface area (Å²) in [5, 5.41) is 7.60. The van der Waals surface area contributed by atoms with Crippen LogP contribution in [0.2, 0.25) is 0 Å². The lowest BCUT2D eigenvalue weighted by molar-refractivity contribution is -0.120. The highest BCUT2D eigenvalue weighted by Gasteiger charge is 2.26. The van der Waals surface area contributed by atoms with Crippen molar-refractivity contribution in [3.8, 4) is 5.75 Å². The molecule has 0 bridgehead atoms. The highest BCUT2D eigenvalue weighted by atomic mass is 16.5. The second kappa shape index (κ2) is 7.03. The maximum absolute atomic E-state index is 12.4. The molecule has 4 rings (SSSR count). The molecule has 1 saturated heterocycles. The average molecular weight is 352 g/mol. The van der Waals surface area contributed by atoms with Gasteiger partial charge in [-0.2, -0.15) is 0 Å². The second-order valence-electron chi connectivity index (χ2n) is 6.35. The van der Waals surface area contributed by atoms with Gasteiger partial charge in [0.2, 0.25) is 5.91 Å². The third-order valence-corrected chi connectivity index (χ3v) is 4.82. The van der Waals surface area contributed by atoms with Gasteiger partial charge in [-0.25, -0.2) is 0 Å². The Bertz CT molecular complexity index is 902. The normalized spacial score (nSPS) is 15.2. The number of benzene rings is 1. The molecule has 26 heavy (non-hydrogen) atoms. The number of piperidine rings is 1. The monoisotopic (exact) mass is 352 g/mol. The predicted octanol–water partition coefficient (Wildman–Crippen LogP) is 3.09. The van der Waals surface area contributed by atoms with Crippen LogP contribution in [-0.4, -0.2) is 36.2 Å². The minimum atomic E-state index is -0.0226. The Morgan fingerprint density at radius 3 is 2.85 bits per heavy atom. The molecule has 0 saturated carbocycles. The zero-order valence-corrected chi connectivity index (χ0v) is 14.5. The van der Waals surface area contributed by atoms with E-state index in [1.807, 2.05) is 30.5 Å². The zero-order valence-electron chi connectivity index (χ0n) is 14.5. The molecule has 1 N–H and O–H groups in total. The van der Waals surface area contributed by atoms with Gasteiger partial charge in [-0.3, -0.25) is 9.78 Å². The highest BCUT2D eigenvalue weighted by Crippen LogP contribution is 2.31. The molecule has 1 fully saturated rings. The summed E-state index contributed by atoms with van der Waals surface area (Å²) < 4.78 is 10.1. The molecular formula is C19H20N4O3. The molecule has 2 aromatic heterocycles. The van der Waals surface area contributed by atoms with E-state index in [9.17, 15) is 4.79 Å². The summed E-state index contributed by atoms with van der Waals surface area (Å²) in [5.74, 6) is 1.25. The van der Waals surface area contributed by atoms with Gasteiger partial charge in [0.25, 0.3) is 0 Å². The fourth-order valence-electron chi connectivity index (χ4n) is 3.40. The van der Waals surface area contributed by atoms with Crippen LogP contribution in [0, 0.1) is 5.92 Å². The molecule has 7 heteroatoms. The van der Waals surface area contributed by atoms with Crippen LogP contribution >= 0.6 is 0 Å². The van der Waals surface area contributed by atoms with Crippen molar-refractivity contribution in [2.24, 2.45) is 5.92 Å². The van der Waals surface area contributed by atoms with Gasteiger partial charge in [-0.05, 0) is 37.1 Å². The maximum atomic E-state index is 12.4. The molecule has 3 aromatic rings. The van der Waals surface area contributed by atoms with E-state index in [-0.39, 0.29) is 11.8 Å². The minimum absolute atomic E-state index is 0.000180. The maximum Gasteiger partial charge on any atom is 0.228 e. The van der Waals surface area contributed by atoms with Crippen LogP contribution in [0.1, 0.15) is 12.8 Å². The molecule has 1 amide bonds. The Morgan fingerprint density at radius 2 is 2.12 bits per heavy atom. The van der Waals surface area contributed by atoms with Crippen molar-refractivity contribution in [2.75, 3.05) is 30.4 Å². The predicted molar refractivity (Wildman–Crippen MR) is 98.4 cm³/mol. The van der Waals surface area contributed by atoms with Gasteiger partial charge in [-0.15, -0.1) is 0 Å². The number of rotatable bonds is 4. The molecule has 0 radical (unpaired) electrons. The summed E-state index contributed by atoms with van der Waals surface area (Å²) >= 11 is 0. The van der Waals surface area contributed by atoms with Gasteiger partial charge in [0, 0.05) is 42.3 Å². The van der Waals surface area contributed by atoms with E-state index >= 15 is 0 Å². The Labute approximate surface area is 150 Å². The quantitative estimate of drug-likeness (QED) is 0.777. The van der Waals surface area contributed by atoms with E-state index in [0.29, 0.717) is 5.82 Å². The Hall–Kier alpha value is -3.09. The molecule has 0 unspecified atom stereocenters. The van der Waals surface area contributed by atoms with Crippen molar-refractivity contribution in [3.05, 3.63) is 42.8 Å². The Morgan fingerprint density at radius 1 is 1.27 bits per heavy atom. The molecule has 1 aliphatic heterocycles. The SMILES string of the molecule is COc1ccc2nccc(N3CCC(C(=O)Nc4ccon4)CC3)c2c1. The lowest BCUT2D eigenvalue weighted by atomic mass is 9.95. The number of pyridine rings is 1. The van der Waals surface area contributed by atoms with Crippen LogP contribution in [0.4, 0.5) is 11.5 Å². The van der Waals surface area contributed by atoms with Gasteiger partial charge in [0.15, 0.2) is 5.82 Å². The number of hydrogen-bond donors (Lipinski definition) is 1.